The fourth-order valence-corrected chi connectivity index (χ4v) is 8.39. The third kappa shape index (κ3) is 7.05. The van der Waals surface area contributed by atoms with Gasteiger partial charge in [0.2, 0.25) is 0 Å². The second kappa shape index (κ2) is 9.21. The minimum absolute atomic E-state index is 0. The summed E-state index contributed by atoms with van der Waals surface area (Å²) in [6, 6.07) is 0. The van der Waals surface area contributed by atoms with Crippen molar-refractivity contribution < 1.29 is 48.0 Å². The summed E-state index contributed by atoms with van der Waals surface area (Å²) in [6.07, 6.45) is 17.4. The van der Waals surface area contributed by atoms with Crippen LogP contribution in [-0.2, 0) is 23.2 Å². The first-order chi connectivity index (χ1) is 9.70. The van der Waals surface area contributed by atoms with Crippen molar-refractivity contribution in [1.82, 2.24) is 0 Å². The van der Waals surface area contributed by atoms with E-state index >= 15 is 0 Å². The molecule has 2 aliphatic carbocycles. The van der Waals surface area contributed by atoms with Gasteiger partial charge in [0.05, 0.1) is 0 Å². The SMILES string of the molecule is CC(C)CC1=C[C](C)([Zr+2][C]2(C)C=CC(CC(C)C)=C2)C=C1.[Cl-].[Cl-]. The summed E-state index contributed by atoms with van der Waals surface area (Å²) in [7, 11) is 0. The molecule has 0 amide bonds. The van der Waals surface area contributed by atoms with Crippen molar-refractivity contribution in [1.29, 1.82) is 0 Å². The van der Waals surface area contributed by atoms with Crippen LogP contribution in [0.25, 0.3) is 0 Å². The Morgan fingerprint density at radius 3 is 1.43 bits per heavy atom. The summed E-state index contributed by atoms with van der Waals surface area (Å²) in [5, 5.41) is 0. The first-order valence-corrected chi connectivity index (χ1v) is 10.8. The van der Waals surface area contributed by atoms with Gasteiger partial charge >= 0.3 is 143 Å². The predicted molar refractivity (Wildman–Crippen MR) is 90.1 cm³/mol. The van der Waals surface area contributed by atoms with Gasteiger partial charge in [0.25, 0.3) is 0 Å². The molecule has 23 heavy (non-hydrogen) atoms. The largest absolute Gasteiger partial charge is 1.00 e. The molecular formula is C20H30Cl2Zr. The quantitative estimate of drug-likeness (QED) is 0.574. The van der Waals surface area contributed by atoms with E-state index in [1.165, 1.54) is 12.8 Å². The van der Waals surface area contributed by atoms with E-state index in [0.717, 1.165) is 11.8 Å². The molecule has 0 radical (unpaired) electrons. The molecule has 0 aromatic heterocycles. The Kier molecular flexibility index (Phi) is 9.38. The summed E-state index contributed by atoms with van der Waals surface area (Å²) in [5.74, 6) is 1.52. The van der Waals surface area contributed by atoms with E-state index in [4.69, 9.17) is 0 Å². The van der Waals surface area contributed by atoms with Crippen LogP contribution in [0.1, 0.15) is 54.4 Å². The molecule has 2 aliphatic rings. The smallest absolute Gasteiger partial charge is 1.00 e. The Hall–Kier alpha value is 0.423. The maximum Gasteiger partial charge on any atom is -1.00 e. The Morgan fingerprint density at radius 2 is 1.13 bits per heavy atom. The Balaban J connectivity index is 0.00000242. The monoisotopic (exact) mass is 430 g/mol. The van der Waals surface area contributed by atoms with E-state index in [0.29, 0.717) is 6.25 Å². The van der Waals surface area contributed by atoms with Crippen LogP contribution < -0.4 is 24.8 Å². The van der Waals surface area contributed by atoms with Crippen LogP contribution in [0.2, 0.25) is 6.25 Å². The minimum atomic E-state index is -0.614. The van der Waals surface area contributed by atoms with Crippen LogP contribution >= 0.6 is 0 Å². The van der Waals surface area contributed by atoms with Crippen molar-refractivity contribution in [2.24, 2.45) is 11.8 Å². The third-order valence-electron chi connectivity index (χ3n) is 4.08. The zero-order chi connectivity index (χ0) is 15.7. The van der Waals surface area contributed by atoms with Crippen molar-refractivity contribution in [3.8, 4) is 0 Å². The molecule has 0 N–H and O–H groups in total. The van der Waals surface area contributed by atoms with E-state index in [-0.39, 0.29) is 24.8 Å². The van der Waals surface area contributed by atoms with Gasteiger partial charge < -0.3 is 24.8 Å². The molecule has 2 rings (SSSR count). The molecular weight excluding hydrogens is 402 g/mol. The second-order valence-corrected chi connectivity index (χ2v) is 13.9. The Bertz CT molecular complexity index is 468. The van der Waals surface area contributed by atoms with E-state index in [9.17, 15) is 0 Å². The molecule has 0 nitrogen and oxygen atoms in total. The molecule has 0 aliphatic heterocycles. The van der Waals surface area contributed by atoms with Crippen molar-refractivity contribution in [2.45, 2.75) is 60.6 Å². The number of rotatable bonds is 6. The molecule has 0 aromatic carbocycles. The molecule has 0 spiro atoms. The van der Waals surface area contributed by atoms with E-state index in [1.807, 2.05) is 0 Å². The molecule has 0 saturated carbocycles. The molecule has 0 saturated heterocycles. The topological polar surface area (TPSA) is 0 Å². The van der Waals surface area contributed by atoms with Crippen LogP contribution in [0.15, 0.2) is 47.6 Å². The van der Waals surface area contributed by atoms with Crippen molar-refractivity contribution in [2.75, 3.05) is 0 Å². The number of hydrogen-bond donors (Lipinski definition) is 0. The van der Waals surface area contributed by atoms with Crippen LogP contribution in [0.4, 0.5) is 0 Å². The van der Waals surface area contributed by atoms with Gasteiger partial charge in [0, 0.05) is 0 Å². The molecule has 128 valence electrons. The Labute approximate surface area is 167 Å². The van der Waals surface area contributed by atoms with Gasteiger partial charge in [-0.25, -0.2) is 0 Å². The maximum atomic E-state index is 2.58. The molecule has 0 aromatic rings. The molecule has 2 atom stereocenters. The fourth-order valence-electron chi connectivity index (χ4n) is 3.46. The predicted octanol–water partition coefficient (Wildman–Crippen LogP) is 0.519. The van der Waals surface area contributed by atoms with Crippen LogP contribution in [-0.4, -0.2) is 0 Å². The summed E-state index contributed by atoms with van der Waals surface area (Å²) in [4.78, 5) is 0. The summed E-state index contributed by atoms with van der Waals surface area (Å²) in [6.45, 7) is 14.2. The van der Waals surface area contributed by atoms with Gasteiger partial charge in [-0.15, -0.1) is 0 Å². The van der Waals surface area contributed by atoms with Gasteiger partial charge in [-0.2, -0.15) is 0 Å². The van der Waals surface area contributed by atoms with Crippen LogP contribution in [0.5, 0.6) is 0 Å². The summed E-state index contributed by atoms with van der Waals surface area (Å²) >= 11 is -0.614. The van der Waals surface area contributed by atoms with E-state index < -0.39 is 23.2 Å². The van der Waals surface area contributed by atoms with Crippen LogP contribution in [0, 0.1) is 11.8 Å². The molecule has 0 bridgehead atoms. The average Bonchev–Trinajstić information content (AvgIpc) is 2.81. The number of hydrogen-bond acceptors (Lipinski definition) is 0. The Morgan fingerprint density at radius 1 is 0.783 bits per heavy atom. The minimum Gasteiger partial charge on any atom is -1.00 e. The first kappa shape index (κ1) is 23.4. The van der Waals surface area contributed by atoms with Crippen molar-refractivity contribution >= 4 is 0 Å². The van der Waals surface area contributed by atoms with E-state index in [2.05, 4.69) is 78.0 Å². The standard InChI is InChI=1S/2C10H15.2ClH.Zr/c2*1-8(2)6-10-5-4-9(3)7-10;;;/h2*4-5,7-8H,6H2,1-3H3;2*1H;/q;;;;+2/p-2. The summed E-state index contributed by atoms with van der Waals surface area (Å²) < 4.78 is 0.771. The third-order valence-corrected chi connectivity index (χ3v) is 8.26. The number of halogens is 2. The second-order valence-electron chi connectivity index (χ2n) is 7.99. The molecule has 2 unspecified atom stereocenters. The van der Waals surface area contributed by atoms with E-state index in [1.54, 1.807) is 11.1 Å². The molecule has 3 heteroatoms. The van der Waals surface area contributed by atoms with Crippen LogP contribution in [0.3, 0.4) is 0 Å². The molecule has 0 heterocycles. The maximum absolute atomic E-state index is 2.58. The fraction of sp³-hybridized carbons (Fsp3) is 0.600. The number of allylic oxidation sites excluding steroid dienone is 8. The van der Waals surface area contributed by atoms with Gasteiger partial charge in [0.1, 0.15) is 0 Å². The zero-order valence-electron chi connectivity index (χ0n) is 15.3. The van der Waals surface area contributed by atoms with Gasteiger partial charge in [-0.1, -0.05) is 0 Å². The zero-order valence-corrected chi connectivity index (χ0v) is 19.3. The normalized spacial score (nSPS) is 28.3. The van der Waals surface area contributed by atoms with Crippen molar-refractivity contribution in [3.63, 3.8) is 0 Å². The first-order valence-electron chi connectivity index (χ1n) is 8.31. The average molecular weight is 433 g/mol. The van der Waals surface area contributed by atoms with Gasteiger partial charge in [0.15, 0.2) is 0 Å². The van der Waals surface area contributed by atoms with Gasteiger partial charge in [-0.05, 0) is 0 Å². The van der Waals surface area contributed by atoms with Crippen molar-refractivity contribution in [3.05, 3.63) is 47.6 Å². The summed E-state index contributed by atoms with van der Waals surface area (Å²) in [5.41, 5.74) is 3.12. The van der Waals surface area contributed by atoms with Gasteiger partial charge in [-0.3, -0.25) is 0 Å². The molecule has 0 fully saturated rings.